The van der Waals surface area contributed by atoms with Crippen LogP contribution in [-0.4, -0.2) is 25.5 Å². The Balaban J connectivity index is 2.00. The zero-order chi connectivity index (χ0) is 15.1. The first-order chi connectivity index (χ1) is 10.2. The Bertz CT molecular complexity index is 452. The van der Waals surface area contributed by atoms with Crippen molar-refractivity contribution in [3.05, 3.63) is 34.9 Å². The van der Waals surface area contributed by atoms with Gasteiger partial charge < -0.3 is 10.6 Å². The summed E-state index contributed by atoms with van der Waals surface area (Å²) < 4.78 is 0. The summed E-state index contributed by atoms with van der Waals surface area (Å²) in [5.74, 6) is 0.167. The van der Waals surface area contributed by atoms with Crippen LogP contribution in [-0.2, 0) is 10.2 Å². The fraction of sp³-hybridized carbons (Fsp3) is 0.588. The highest BCUT2D eigenvalue weighted by molar-refractivity contribution is 6.30. The van der Waals surface area contributed by atoms with Gasteiger partial charge in [-0.2, -0.15) is 0 Å². The third-order valence-electron chi connectivity index (χ3n) is 4.30. The van der Waals surface area contributed by atoms with Crippen molar-refractivity contribution in [1.82, 2.24) is 10.6 Å². The van der Waals surface area contributed by atoms with Crippen LogP contribution in [0, 0.1) is 0 Å². The zero-order valence-corrected chi connectivity index (χ0v) is 13.5. The maximum Gasteiger partial charge on any atom is 0.230 e. The Morgan fingerprint density at radius 1 is 1.14 bits per heavy atom. The summed E-state index contributed by atoms with van der Waals surface area (Å²) in [6, 6.07) is 7.77. The minimum Gasteiger partial charge on any atom is -0.354 e. The topological polar surface area (TPSA) is 41.1 Å². The monoisotopic (exact) mass is 308 g/mol. The van der Waals surface area contributed by atoms with Crippen LogP contribution in [0.4, 0.5) is 0 Å². The fourth-order valence-electron chi connectivity index (χ4n) is 3.13. The second kappa shape index (κ2) is 7.81. The van der Waals surface area contributed by atoms with Crippen molar-refractivity contribution in [3.8, 4) is 0 Å². The van der Waals surface area contributed by atoms with E-state index < -0.39 is 0 Å². The highest BCUT2D eigenvalue weighted by atomic mass is 35.5. The van der Waals surface area contributed by atoms with Gasteiger partial charge in [0, 0.05) is 18.1 Å². The maximum absolute atomic E-state index is 12.7. The van der Waals surface area contributed by atoms with E-state index in [4.69, 9.17) is 11.6 Å². The largest absolute Gasteiger partial charge is 0.354 e. The van der Waals surface area contributed by atoms with Gasteiger partial charge in [-0.3, -0.25) is 4.79 Å². The fourth-order valence-corrected chi connectivity index (χ4v) is 3.26. The summed E-state index contributed by atoms with van der Waals surface area (Å²) in [5.41, 5.74) is 0.749. The van der Waals surface area contributed by atoms with Crippen molar-refractivity contribution in [3.63, 3.8) is 0 Å². The van der Waals surface area contributed by atoms with Crippen molar-refractivity contribution in [2.24, 2.45) is 0 Å². The number of rotatable bonds is 7. The van der Waals surface area contributed by atoms with Gasteiger partial charge in [0.2, 0.25) is 5.91 Å². The molecule has 1 aliphatic carbocycles. The average molecular weight is 309 g/mol. The van der Waals surface area contributed by atoms with Gasteiger partial charge in [0.1, 0.15) is 0 Å². The van der Waals surface area contributed by atoms with Crippen LogP contribution in [0.1, 0.15) is 44.6 Å². The predicted octanol–water partition coefficient (Wildman–Crippen LogP) is 3.27. The predicted molar refractivity (Wildman–Crippen MR) is 87.8 cm³/mol. The van der Waals surface area contributed by atoms with Crippen molar-refractivity contribution < 1.29 is 4.79 Å². The highest BCUT2D eigenvalue weighted by Crippen LogP contribution is 2.41. The van der Waals surface area contributed by atoms with Crippen LogP contribution in [0.5, 0.6) is 0 Å². The summed E-state index contributed by atoms with van der Waals surface area (Å²) in [6.45, 7) is 4.66. The third-order valence-corrected chi connectivity index (χ3v) is 4.55. The van der Waals surface area contributed by atoms with E-state index in [1.54, 1.807) is 0 Å². The molecule has 0 heterocycles. The molecular weight excluding hydrogens is 284 g/mol. The molecule has 1 aromatic rings. The van der Waals surface area contributed by atoms with Gasteiger partial charge in [-0.15, -0.1) is 0 Å². The van der Waals surface area contributed by atoms with Crippen LogP contribution in [0.25, 0.3) is 0 Å². The van der Waals surface area contributed by atoms with Crippen molar-refractivity contribution in [2.75, 3.05) is 19.6 Å². The summed E-state index contributed by atoms with van der Waals surface area (Å²) in [4.78, 5) is 12.7. The molecule has 2 rings (SSSR count). The summed E-state index contributed by atoms with van der Waals surface area (Å²) in [6.07, 6.45) is 5.21. The van der Waals surface area contributed by atoms with Gasteiger partial charge in [-0.1, -0.05) is 43.5 Å². The van der Waals surface area contributed by atoms with Gasteiger partial charge in [0.15, 0.2) is 0 Å². The summed E-state index contributed by atoms with van der Waals surface area (Å²) in [7, 11) is 0. The van der Waals surface area contributed by atoms with Crippen molar-refractivity contribution >= 4 is 17.5 Å². The molecule has 0 radical (unpaired) electrons. The Hall–Kier alpha value is -1.06. The number of amides is 1. The molecule has 1 aromatic carbocycles. The number of carbonyl (C=O) groups excluding carboxylic acids is 1. The number of hydrogen-bond acceptors (Lipinski definition) is 2. The molecule has 0 aromatic heterocycles. The van der Waals surface area contributed by atoms with Crippen LogP contribution >= 0.6 is 11.6 Å². The Kier molecular flexibility index (Phi) is 6.07. The molecule has 116 valence electrons. The molecule has 0 unspecified atom stereocenters. The minimum absolute atomic E-state index is 0.167. The second-order valence-corrected chi connectivity index (χ2v) is 6.24. The van der Waals surface area contributed by atoms with Gasteiger partial charge in [-0.25, -0.2) is 0 Å². The molecule has 3 nitrogen and oxygen atoms in total. The van der Waals surface area contributed by atoms with E-state index in [-0.39, 0.29) is 11.3 Å². The van der Waals surface area contributed by atoms with E-state index in [9.17, 15) is 4.79 Å². The maximum atomic E-state index is 12.7. The normalized spacial score (nSPS) is 16.9. The molecular formula is C17H25ClN2O. The smallest absolute Gasteiger partial charge is 0.230 e. The Morgan fingerprint density at radius 3 is 2.43 bits per heavy atom. The lowest BCUT2D eigenvalue weighted by atomic mass is 9.78. The summed E-state index contributed by atoms with van der Waals surface area (Å²) in [5, 5.41) is 7.13. The van der Waals surface area contributed by atoms with Gasteiger partial charge in [0.05, 0.1) is 5.41 Å². The van der Waals surface area contributed by atoms with Crippen LogP contribution < -0.4 is 10.6 Å². The third kappa shape index (κ3) is 3.98. The first-order valence-electron chi connectivity index (χ1n) is 7.94. The van der Waals surface area contributed by atoms with Crippen LogP contribution in [0.15, 0.2) is 24.3 Å². The number of nitrogens with one attached hydrogen (secondary N) is 2. The van der Waals surface area contributed by atoms with E-state index in [1.807, 2.05) is 24.3 Å². The molecule has 1 aliphatic rings. The number of halogens is 1. The molecule has 4 heteroatoms. The molecule has 0 bridgehead atoms. The Morgan fingerprint density at radius 2 is 1.81 bits per heavy atom. The van der Waals surface area contributed by atoms with Crippen LogP contribution in [0.3, 0.4) is 0 Å². The van der Waals surface area contributed by atoms with Crippen molar-refractivity contribution in [2.45, 2.75) is 44.4 Å². The average Bonchev–Trinajstić information content (AvgIpc) is 2.98. The lowest BCUT2D eigenvalue weighted by Gasteiger charge is -2.28. The molecule has 0 spiro atoms. The van der Waals surface area contributed by atoms with E-state index in [0.29, 0.717) is 6.54 Å². The molecule has 1 amide bonds. The van der Waals surface area contributed by atoms with Gasteiger partial charge in [0.25, 0.3) is 0 Å². The molecule has 2 N–H and O–H groups in total. The summed E-state index contributed by atoms with van der Waals surface area (Å²) >= 11 is 5.97. The minimum atomic E-state index is -0.352. The quantitative estimate of drug-likeness (QED) is 0.759. The molecule has 1 saturated carbocycles. The van der Waals surface area contributed by atoms with Gasteiger partial charge >= 0.3 is 0 Å². The van der Waals surface area contributed by atoms with Crippen molar-refractivity contribution in [1.29, 1.82) is 0 Å². The van der Waals surface area contributed by atoms with Gasteiger partial charge in [-0.05, 0) is 43.5 Å². The molecule has 1 fully saturated rings. The molecule has 0 atom stereocenters. The Labute approximate surface area is 132 Å². The van der Waals surface area contributed by atoms with E-state index in [2.05, 4.69) is 17.6 Å². The zero-order valence-electron chi connectivity index (χ0n) is 12.8. The van der Waals surface area contributed by atoms with E-state index in [0.717, 1.165) is 55.8 Å². The molecule has 0 aliphatic heterocycles. The lowest BCUT2D eigenvalue weighted by molar-refractivity contribution is -0.126. The SMILES string of the molecule is CCCNCCNC(=O)C1(c2ccc(Cl)cc2)CCCC1. The standard InChI is InChI=1S/C17H25ClN2O/c1-2-11-19-12-13-20-16(21)17(9-3-4-10-17)14-5-7-15(18)8-6-14/h5-8,19H,2-4,9-13H2,1H3,(H,20,21). The van der Waals surface area contributed by atoms with E-state index >= 15 is 0 Å². The number of benzene rings is 1. The lowest BCUT2D eigenvalue weighted by Crippen LogP contribution is -2.44. The highest BCUT2D eigenvalue weighted by Gasteiger charge is 2.42. The number of hydrogen-bond donors (Lipinski definition) is 2. The number of carbonyl (C=O) groups is 1. The molecule has 0 saturated heterocycles. The van der Waals surface area contributed by atoms with E-state index in [1.165, 1.54) is 0 Å². The first-order valence-corrected chi connectivity index (χ1v) is 8.32. The first kappa shape index (κ1) is 16.3. The second-order valence-electron chi connectivity index (χ2n) is 5.80. The molecule has 21 heavy (non-hydrogen) atoms. The van der Waals surface area contributed by atoms with Crippen LogP contribution in [0.2, 0.25) is 5.02 Å².